The second-order valence-corrected chi connectivity index (χ2v) is 8.43. The van der Waals surface area contributed by atoms with Gasteiger partial charge in [-0.2, -0.15) is 0 Å². The maximum Gasteiger partial charge on any atom is 0.327 e. The minimum atomic E-state index is -0.221. The van der Waals surface area contributed by atoms with Crippen molar-refractivity contribution in [3.8, 4) is 11.1 Å². The highest BCUT2D eigenvalue weighted by atomic mass is 16.2. The van der Waals surface area contributed by atoms with Gasteiger partial charge in [0.15, 0.2) is 0 Å². The number of nitrogens with zero attached hydrogens (tertiary/aromatic N) is 3. The maximum atomic E-state index is 12.6. The van der Waals surface area contributed by atoms with E-state index in [9.17, 15) is 14.4 Å². The lowest BCUT2D eigenvalue weighted by Gasteiger charge is -2.17. The lowest BCUT2D eigenvalue weighted by molar-refractivity contribution is -0.125. The molecule has 0 spiro atoms. The highest BCUT2D eigenvalue weighted by molar-refractivity contribution is 6.02. The number of hydrogen-bond donors (Lipinski definition) is 0. The summed E-state index contributed by atoms with van der Waals surface area (Å²) in [4.78, 5) is 41.5. The van der Waals surface area contributed by atoms with E-state index in [4.69, 9.17) is 0 Å². The number of urea groups is 1. The predicted molar refractivity (Wildman–Crippen MR) is 115 cm³/mol. The second kappa shape index (κ2) is 7.94. The van der Waals surface area contributed by atoms with Gasteiger partial charge in [0.05, 0.1) is 0 Å². The summed E-state index contributed by atoms with van der Waals surface area (Å²) >= 11 is 0. The van der Waals surface area contributed by atoms with Crippen LogP contribution in [0.15, 0.2) is 42.5 Å². The van der Waals surface area contributed by atoms with Crippen molar-refractivity contribution in [1.82, 2.24) is 14.7 Å². The zero-order valence-electron chi connectivity index (χ0n) is 17.7. The smallest absolute Gasteiger partial charge is 0.327 e. The molecule has 0 saturated carbocycles. The van der Waals surface area contributed by atoms with E-state index in [0.717, 1.165) is 34.4 Å². The van der Waals surface area contributed by atoms with Crippen molar-refractivity contribution < 1.29 is 14.4 Å². The lowest BCUT2D eigenvalue weighted by Crippen LogP contribution is -2.32. The molecule has 2 aromatic rings. The van der Waals surface area contributed by atoms with Gasteiger partial charge in [0.1, 0.15) is 6.54 Å². The quantitative estimate of drug-likeness (QED) is 0.688. The SMILES string of the molecule is CCN1C(=O)CN(Cc2ccc(-c3ccc4c(c3)CN(CC(C)C)C4=O)cc2)C1=O. The number of benzene rings is 2. The predicted octanol–water partition coefficient (Wildman–Crippen LogP) is 3.75. The highest BCUT2D eigenvalue weighted by Crippen LogP contribution is 2.29. The van der Waals surface area contributed by atoms with Crippen molar-refractivity contribution in [2.24, 2.45) is 5.92 Å². The molecular formula is C24H27N3O3. The van der Waals surface area contributed by atoms with Crippen LogP contribution < -0.4 is 0 Å². The second-order valence-electron chi connectivity index (χ2n) is 8.43. The molecule has 0 unspecified atom stereocenters. The zero-order valence-corrected chi connectivity index (χ0v) is 17.7. The van der Waals surface area contributed by atoms with E-state index < -0.39 is 0 Å². The van der Waals surface area contributed by atoms with Crippen molar-refractivity contribution in [3.05, 3.63) is 59.2 Å². The highest BCUT2D eigenvalue weighted by Gasteiger charge is 2.34. The summed E-state index contributed by atoms with van der Waals surface area (Å²) in [6.45, 7) is 8.44. The number of likely N-dealkylation sites (N-methyl/N-ethyl adjacent to an activating group) is 1. The summed E-state index contributed by atoms with van der Waals surface area (Å²) in [7, 11) is 0. The number of amides is 4. The van der Waals surface area contributed by atoms with Crippen molar-refractivity contribution in [2.75, 3.05) is 19.6 Å². The van der Waals surface area contributed by atoms with Gasteiger partial charge in [0.2, 0.25) is 5.91 Å². The molecule has 6 nitrogen and oxygen atoms in total. The molecule has 0 radical (unpaired) electrons. The molecule has 2 heterocycles. The van der Waals surface area contributed by atoms with Crippen LogP contribution in [0.4, 0.5) is 4.79 Å². The van der Waals surface area contributed by atoms with Gasteiger partial charge in [-0.1, -0.05) is 44.2 Å². The maximum absolute atomic E-state index is 12.6. The molecule has 0 aromatic heterocycles. The number of carbonyl (C=O) groups excluding carboxylic acids is 3. The first-order chi connectivity index (χ1) is 14.4. The van der Waals surface area contributed by atoms with Crippen LogP contribution in [0.1, 0.15) is 42.3 Å². The molecule has 30 heavy (non-hydrogen) atoms. The van der Waals surface area contributed by atoms with Crippen LogP contribution in [0.2, 0.25) is 0 Å². The third-order valence-electron chi connectivity index (χ3n) is 5.68. The monoisotopic (exact) mass is 405 g/mol. The average molecular weight is 405 g/mol. The Hall–Kier alpha value is -3.15. The Morgan fingerprint density at radius 1 is 0.900 bits per heavy atom. The normalized spacial score (nSPS) is 16.3. The molecule has 6 heteroatoms. The molecule has 0 atom stereocenters. The largest absolute Gasteiger partial charge is 0.334 e. The van der Waals surface area contributed by atoms with Crippen LogP contribution >= 0.6 is 0 Å². The van der Waals surface area contributed by atoms with Gasteiger partial charge in [0, 0.05) is 31.7 Å². The lowest BCUT2D eigenvalue weighted by atomic mass is 9.99. The third kappa shape index (κ3) is 3.70. The van der Waals surface area contributed by atoms with Crippen molar-refractivity contribution >= 4 is 17.8 Å². The molecule has 0 N–H and O–H groups in total. The van der Waals surface area contributed by atoms with Gasteiger partial charge < -0.3 is 9.80 Å². The van der Waals surface area contributed by atoms with Gasteiger partial charge in [-0.05, 0) is 47.2 Å². The number of fused-ring (bicyclic) bond motifs is 1. The molecule has 156 valence electrons. The Kier molecular flexibility index (Phi) is 5.33. The van der Waals surface area contributed by atoms with Gasteiger partial charge in [0.25, 0.3) is 5.91 Å². The van der Waals surface area contributed by atoms with E-state index in [0.29, 0.717) is 25.6 Å². The Labute approximate surface area is 177 Å². The van der Waals surface area contributed by atoms with Crippen LogP contribution in [-0.2, 0) is 17.9 Å². The molecule has 2 aliphatic rings. The number of imide groups is 1. The molecule has 0 aliphatic carbocycles. The third-order valence-corrected chi connectivity index (χ3v) is 5.68. The molecule has 1 fully saturated rings. The van der Waals surface area contributed by atoms with E-state index in [-0.39, 0.29) is 24.4 Å². The molecule has 4 rings (SSSR count). The fourth-order valence-corrected chi connectivity index (χ4v) is 4.20. The van der Waals surface area contributed by atoms with Gasteiger partial charge >= 0.3 is 6.03 Å². The van der Waals surface area contributed by atoms with Crippen LogP contribution in [0.3, 0.4) is 0 Å². The first kappa shape index (κ1) is 20.1. The summed E-state index contributed by atoms with van der Waals surface area (Å²) in [5, 5.41) is 0. The minimum absolute atomic E-state index is 0.117. The minimum Gasteiger partial charge on any atom is -0.334 e. The van der Waals surface area contributed by atoms with Crippen LogP contribution in [0.25, 0.3) is 11.1 Å². The summed E-state index contributed by atoms with van der Waals surface area (Å²) < 4.78 is 0. The van der Waals surface area contributed by atoms with Gasteiger partial charge in [-0.15, -0.1) is 0 Å². The van der Waals surface area contributed by atoms with Crippen molar-refractivity contribution in [1.29, 1.82) is 0 Å². The number of carbonyl (C=O) groups is 3. The van der Waals surface area contributed by atoms with E-state index in [1.807, 2.05) is 41.3 Å². The fourth-order valence-electron chi connectivity index (χ4n) is 4.20. The van der Waals surface area contributed by atoms with Crippen LogP contribution in [0, 0.1) is 5.92 Å². The Morgan fingerprint density at radius 3 is 2.23 bits per heavy atom. The summed E-state index contributed by atoms with van der Waals surface area (Å²) in [6, 6.07) is 13.8. The first-order valence-electron chi connectivity index (χ1n) is 10.5. The van der Waals surface area contributed by atoms with E-state index >= 15 is 0 Å². The van der Waals surface area contributed by atoms with Crippen molar-refractivity contribution in [2.45, 2.75) is 33.9 Å². The summed E-state index contributed by atoms with van der Waals surface area (Å²) in [5.41, 5.74) is 4.99. The van der Waals surface area contributed by atoms with Gasteiger partial charge in [-0.3, -0.25) is 14.5 Å². The number of hydrogen-bond acceptors (Lipinski definition) is 3. The Bertz CT molecular complexity index is 997. The standard InChI is InChI=1S/C24H27N3O3/c1-4-27-22(28)15-26(24(27)30)13-17-5-7-18(8-6-17)19-9-10-21-20(11-19)14-25(23(21)29)12-16(2)3/h5-11,16H,4,12-15H2,1-3H3. The number of rotatable bonds is 6. The summed E-state index contributed by atoms with van der Waals surface area (Å²) in [6.07, 6.45) is 0. The molecular weight excluding hydrogens is 378 g/mol. The van der Waals surface area contributed by atoms with Crippen LogP contribution in [0.5, 0.6) is 0 Å². The molecule has 2 aliphatic heterocycles. The fraction of sp³-hybridized carbons (Fsp3) is 0.375. The van der Waals surface area contributed by atoms with Crippen LogP contribution in [-0.4, -0.2) is 52.2 Å². The molecule has 2 aromatic carbocycles. The van der Waals surface area contributed by atoms with Crippen molar-refractivity contribution in [3.63, 3.8) is 0 Å². The molecule has 0 bridgehead atoms. The zero-order chi connectivity index (χ0) is 21.4. The van der Waals surface area contributed by atoms with E-state index in [2.05, 4.69) is 19.9 Å². The van der Waals surface area contributed by atoms with Gasteiger partial charge in [-0.25, -0.2) is 4.79 Å². The van der Waals surface area contributed by atoms with E-state index in [1.165, 1.54) is 4.90 Å². The average Bonchev–Trinajstić information content (AvgIpc) is 3.17. The van der Waals surface area contributed by atoms with E-state index in [1.54, 1.807) is 11.8 Å². The topological polar surface area (TPSA) is 60.9 Å². The molecule has 1 saturated heterocycles. The molecule has 4 amide bonds. The Morgan fingerprint density at radius 2 is 1.60 bits per heavy atom. The Balaban J connectivity index is 1.48. The first-order valence-corrected chi connectivity index (χ1v) is 10.5. The summed E-state index contributed by atoms with van der Waals surface area (Å²) in [5.74, 6) is 0.419.